The van der Waals surface area contributed by atoms with Crippen LogP contribution in [0.25, 0.3) is 0 Å². The van der Waals surface area contributed by atoms with Crippen LogP contribution >= 0.6 is 24.0 Å². The first-order valence-electron chi connectivity index (χ1n) is 7.32. The molecule has 21 heavy (non-hydrogen) atoms. The van der Waals surface area contributed by atoms with Gasteiger partial charge in [-0.15, -0.1) is 24.0 Å². The molecule has 118 valence electrons. The van der Waals surface area contributed by atoms with Gasteiger partial charge in [0.15, 0.2) is 5.96 Å². The molecule has 0 aromatic carbocycles. The number of likely N-dealkylation sites (tertiary alicyclic amines) is 1. The number of aromatic nitrogens is 1. The van der Waals surface area contributed by atoms with E-state index < -0.39 is 0 Å². The summed E-state index contributed by atoms with van der Waals surface area (Å²) in [6.07, 6.45) is 3.41. The first-order chi connectivity index (χ1) is 9.69. The third-order valence-electron chi connectivity index (χ3n) is 3.43. The molecule has 0 radical (unpaired) electrons. The topological polar surface area (TPSA) is 60.8 Å². The maximum atomic E-state index is 9.61. The number of aryl methyl sites for hydroxylation is 1. The third kappa shape index (κ3) is 5.78. The molecule has 5 nitrogen and oxygen atoms in total. The van der Waals surface area contributed by atoms with E-state index >= 15 is 0 Å². The number of aliphatic hydroxyl groups is 1. The van der Waals surface area contributed by atoms with Crippen LogP contribution in [0, 0.1) is 6.92 Å². The standard InChI is InChI=1S/C15H24N4O.HI/c1-3-16-15(19-9-7-14(20)11-19)17-8-6-13-5-4-12(2)18-10-13;/h4-5,10,14,20H,3,6-9,11H2,1-2H3,(H,16,17);1H/t14-;/m1./s1. The smallest absolute Gasteiger partial charge is 0.194 e. The highest BCUT2D eigenvalue weighted by molar-refractivity contribution is 14.0. The molecule has 2 rings (SSSR count). The van der Waals surface area contributed by atoms with E-state index in [9.17, 15) is 5.11 Å². The summed E-state index contributed by atoms with van der Waals surface area (Å²) in [7, 11) is 0. The first kappa shape index (κ1) is 18.2. The van der Waals surface area contributed by atoms with Crippen LogP contribution in [0.4, 0.5) is 0 Å². The van der Waals surface area contributed by atoms with Gasteiger partial charge in [-0.25, -0.2) is 0 Å². The van der Waals surface area contributed by atoms with E-state index in [0.29, 0.717) is 6.54 Å². The van der Waals surface area contributed by atoms with Crippen LogP contribution in [0.3, 0.4) is 0 Å². The Morgan fingerprint density at radius 1 is 1.52 bits per heavy atom. The summed E-state index contributed by atoms with van der Waals surface area (Å²) in [6.45, 7) is 7.18. The van der Waals surface area contributed by atoms with Crippen LogP contribution < -0.4 is 5.32 Å². The van der Waals surface area contributed by atoms with Crippen LogP contribution in [-0.2, 0) is 6.42 Å². The van der Waals surface area contributed by atoms with Crippen molar-refractivity contribution in [3.05, 3.63) is 29.6 Å². The van der Waals surface area contributed by atoms with Crippen molar-refractivity contribution in [1.29, 1.82) is 0 Å². The van der Waals surface area contributed by atoms with Crippen molar-refractivity contribution in [2.45, 2.75) is 32.8 Å². The van der Waals surface area contributed by atoms with Crippen LogP contribution in [-0.4, -0.2) is 53.2 Å². The quantitative estimate of drug-likeness (QED) is 0.455. The van der Waals surface area contributed by atoms with Crippen LogP contribution in [0.1, 0.15) is 24.6 Å². The predicted molar refractivity (Wildman–Crippen MR) is 96.3 cm³/mol. The average Bonchev–Trinajstić information content (AvgIpc) is 2.86. The molecule has 0 amide bonds. The van der Waals surface area contributed by atoms with Gasteiger partial charge in [0.05, 0.1) is 6.10 Å². The highest BCUT2D eigenvalue weighted by Gasteiger charge is 2.22. The van der Waals surface area contributed by atoms with Crippen molar-refractivity contribution in [3.63, 3.8) is 0 Å². The molecule has 0 unspecified atom stereocenters. The fraction of sp³-hybridized carbons (Fsp3) is 0.600. The Morgan fingerprint density at radius 3 is 2.90 bits per heavy atom. The second-order valence-corrected chi connectivity index (χ2v) is 5.18. The number of aliphatic hydroxyl groups excluding tert-OH is 1. The summed E-state index contributed by atoms with van der Waals surface area (Å²) >= 11 is 0. The van der Waals surface area contributed by atoms with E-state index in [-0.39, 0.29) is 30.1 Å². The molecule has 1 atom stereocenters. The van der Waals surface area contributed by atoms with Crippen molar-refractivity contribution >= 4 is 29.9 Å². The number of pyridine rings is 1. The molecule has 0 aliphatic carbocycles. The van der Waals surface area contributed by atoms with E-state index in [2.05, 4.69) is 33.2 Å². The monoisotopic (exact) mass is 404 g/mol. The molecular weight excluding hydrogens is 379 g/mol. The molecule has 0 saturated carbocycles. The molecule has 1 aliphatic rings. The zero-order chi connectivity index (χ0) is 14.4. The molecule has 1 aromatic rings. The number of nitrogens with zero attached hydrogens (tertiary/aromatic N) is 3. The second kappa shape index (κ2) is 9.19. The Morgan fingerprint density at radius 2 is 2.33 bits per heavy atom. The molecule has 1 aromatic heterocycles. The number of nitrogens with one attached hydrogen (secondary N) is 1. The number of hydrogen-bond donors (Lipinski definition) is 2. The molecule has 1 aliphatic heterocycles. The first-order valence-corrected chi connectivity index (χ1v) is 7.32. The molecule has 1 fully saturated rings. The number of halogens is 1. The SMILES string of the molecule is CCNC(=NCCc1ccc(C)nc1)N1CC[C@@H](O)C1.I. The lowest BCUT2D eigenvalue weighted by Gasteiger charge is -2.20. The van der Waals surface area contributed by atoms with Crippen molar-refractivity contribution in [2.24, 2.45) is 4.99 Å². The molecule has 0 bridgehead atoms. The highest BCUT2D eigenvalue weighted by Crippen LogP contribution is 2.09. The zero-order valence-electron chi connectivity index (χ0n) is 12.7. The van der Waals surface area contributed by atoms with Crippen molar-refractivity contribution < 1.29 is 5.11 Å². The van der Waals surface area contributed by atoms with Gasteiger partial charge in [0, 0.05) is 38.1 Å². The van der Waals surface area contributed by atoms with Crippen LogP contribution in [0.15, 0.2) is 23.3 Å². The van der Waals surface area contributed by atoms with Gasteiger partial charge in [-0.05, 0) is 38.3 Å². The van der Waals surface area contributed by atoms with Crippen molar-refractivity contribution in [2.75, 3.05) is 26.2 Å². The van der Waals surface area contributed by atoms with Gasteiger partial charge < -0.3 is 15.3 Å². The zero-order valence-corrected chi connectivity index (χ0v) is 15.1. The molecule has 1 saturated heterocycles. The van der Waals surface area contributed by atoms with E-state index in [0.717, 1.165) is 44.1 Å². The lowest BCUT2D eigenvalue weighted by Crippen LogP contribution is -2.40. The molecule has 2 heterocycles. The van der Waals surface area contributed by atoms with Crippen molar-refractivity contribution in [3.8, 4) is 0 Å². The second-order valence-electron chi connectivity index (χ2n) is 5.18. The number of aliphatic imine (C=N–C) groups is 1. The minimum Gasteiger partial charge on any atom is -0.391 e. The summed E-state index contributed by atoms with van der Waals surface area (Å²) in [4.78, 5) is 11.1. The fourth-order valence-corrected chi connectivity index (χ4v) is 2.30. The van der Waals surface area contributed by atoms with Crippen molar-refractivity contribution in [1.82, 2.24) is 15.2 Å². The predicted octanol–water partition coefficient (Wildman–Crippen LogP) is 1.58. The lowest BCUT2D eigenvalue weighted by atomic mass is 10.2. The number of β-amino-alcohol motifs (C(OH)–C–C–N with tert-alkyl or cyclic N) is 1. The molecular formula is C15H25IN4O. The van der Waals surface area contributed by atoms with E-state index in [1.807, 2.05) is 19.2 Å². The largest absolute Gasteiger partial charge is 0.391 e. The van der Waals surface area contributed by atoms with Gasteiger partial charge in [0.25, 0.3) is 0 Å². The van der Waals surface area contributed by atoms with Gasteiger partial charge in [0.1, 0.15) is 0 Å². The number of hydrogen-bond acceptors (Lipinski definition) is 3. The number of rotatable bonds is 4. The normalized spacial score (nSPS) is 18.5. The summed E-state index contributed by atoms with van der Waals surface area (Å²) in [5.74, 6) is 0.907. The van der Waals surface area contributed by atoms with Gasteiger partial charge in [0.2, 0.25) is 0 Å². The summed E-state index contributed by atoms with van der Waals surface area (Å²) in [5, 5.41) is 12.9. The Labute approximate surface area is 143 Å². The van der Waals surface area contributed by atoms with E-state index in [4.69, 9.17) is 0 Å². The lowest BCUT2D eigenvalue weighted by molar-refractivity contribution is 0.188. The molecule has 2 N–H and O–H groups in total. The Bertz CT molecular complexity index is 449. The minimum absolute atomic E-state index is 0. The maximum absolute atomic E-state index is 9.61. The summed E-state index contributed by atoms with van der Waals surface area (Å²) < 4.78 is 0. The maximum Gasteiger partial charge on any atom is 0.194 e. The molecule has 6 heteroatoms. The van der Waals surface area contributed by atoms with Gasteiger partial charge in [-0.3, -0.25) is 9.98 Å². The Balaban J connectivity index is 0.00000220. The Kier molecular flexibility index (Phi) is 7.95. The summed E-state index contributed by atoms with van der Waals surface area (Å²) in [5.41, 5.74) is 2.24. The fourth-order valence-electron chi connectivity index (χ4n) is 2.30. The molecule has 0 spiro atoms. The van der Waals surface area contributed by atoms with Crippen LogP contribution in [0.2, 0.25) is 0 Å². The third-order valence-corrected chi connectivity index (χ3v) is 3.43. The summed E-state index contributed by atoms with van der Waals surface area (Å²) in [6, 6.07) is 4.13. The van der Waals surface area contributed by atoms with Gasteiger partial charge >= 0.3 is 0 Å². The highest BCUT2D eigenvalue weighted by atomic mass is 127. The van der Waals surface area contributed by atoms with Gasteiger partial charge in [-0.2, -0.15) is 0 Å². The van der Waals surface area contributed by atoms with Gasteiger partial charge in [-0.1, -0.05) is 6.07 Å². The average molecular weight is 404 g/mol. The van der Waals surface area contributed by atoms with E-state index in [1.165, 1.54) is 5.56 Å². The Hall–Kier alpha value is -0.890. The van der Waals surface area contributed by atoms with E-state index in [1.54, 1.807) is 0 Å². The van der Waals surface area contributed by atoms with Crippen LogP contribution in [0.5, 0.6) is 0 Å². The minimum atomic E-state index is -0.222. The number of guanidine groups is 1.